The van der Waals surface area contributed by atoms with Gasteiger partial charge in [-0.2, -0.15) is 0 Å². The van der Waals surface area contributed by atoms with E-state index in [1.165, 1.54) is 64.1 Å². The van der Waals surface area contributed by atoms with Crippen LogP contribution in [-0.4, -0.2) is 0 Å². The molecule has 2 heterocycles. The molecule has 4 aromatic carbocycles. The maximum atomic E-state index is 7.13. The Morgan fingerprint density at radius 1 is 0.553 bits per heavy atom. The molecule has 0 atom stereocenters. The van der Waals surface area contributed by atoms with Crippen molar-refractivity contribution in [1.82, 2.24) is 0 Å². The maximum Gasteiger partial charge on any atom is 0.239 e. The van der Waals surface area contributed by atoms with Crippen LogP contribution in [0.4, 0.5) is 0 Å². The summed E-state index contributed by atoms with van der Waals surface area (Å²) in [6, 6.07) is 47.1. The first-order chi connectivity index (χ1) is 23.2. The number of halogens is 1. The largest absolute Gasteiger partial charge is 0.239 e. The highest BCUT2D eigenvalue weighted by Gasteiger charge is 2.19. The first-order valence-corrected chi connectivity index (χ1v) is 18.0. The van der Waals surface area contributed by atoms with Gasteiger partial charge >= 0.3 is 0 Å². The fraction of sp³-hybridized carbons (Fsp3) is 0.0682. The number of allylic oxidation sites excluding steroid dienone is 9. The van der Waals surface area contributed by atoms with Crippen molar-refractivity contribution in [3.05, 3.63) is 202 Å². The molecule has 228 valence electrons. The van der Waals surface area contributed by atoms with Crippen molar-refractivity contribution < 1.29 is 0 Å². The van der Waals surface area contributed by atoms with E-state index in [1.807, 2.05) is 23.1 Å². The van der Waals surface area contributed by atoms with Crippen molar-refractivity contribution in [3.63, 3.8) is 0 Å². The number of hydrogen-bond acceptors (Lipinski definition) is 1. The molecule has 2 aliphatic rings. The fourth-order valence-corrected chi connectivity index (χ4v) is 8.40. The number of benzene rings is 4. The molecule has 1 aliphatic heterocycles. The van der Waals surface area contributed by atoms with E-state index in [1.54, 1.807) is 0 Å². The van der Waals surface area contributed by atoms with Crippen LogP contribution in [0.3, 0.4) is 0 Å². The second kappa shape index (κ2) is 15.0. The Balaban J connectivity index is 1.21. The summed E-state index contributed by atoms with van der Waals surface area (Å²) in [4.78, 5) is 5.00. The molecule has 7 rings (SSSR count). The third-order valence-electron chi connectivity index (χ3n) is 8.27. The SMILES string of the molecule is ClC1=C(C=Cc2cc(-c3ccccc3)[s+]c(-c3ccccc3)c2)CCCC1=CC=C1C=C(c2ccccc2)SC(c2ccccc2)=C1. The molecular formula is C44H34ClS2+. The van der Waals surface area contributed by atoms with Gasteiger partial charge in [0.25, 0.3) is 0 Å². The molecule has 47 heavy (non-hydrogen) atoms. The van der Waals surface area contributed by atoms with Crippen LogP contribution < -0.4 is 0 Å². The van der Waals surface area contributed by atoms with Crippen molar-refractivity contribution >= 4 is 50.6 Å². The summed E-state index contributed by atoms with van der Waals surface area (Å²) >= 11 is 10.8. The van der Waals surface area contributed by atoms with Gasteiger partial charge in [-0.05, 0) is 89.1 Å². The van der Waals surface area contributed by atoms with Crippen molar-refractivity contribution in [2.75, 3.05) is 0 Å². The van der Waals surface area contributed by atoms with E-state index in [-0.39, 0.29) is 0 Å². The lowest BCUT2D eigenvalue weighted by Gasteiger charge is -2.18. The van der Waals surface area contributed by atoms with Crippen LogP contribution >= 0.6 is 34.7 Å². The summed E-state index contributed by atoms with van der Waals surface area (Å²) < 4.78 is 0. The highest BCUT2D eigenvalue weighted by molar-refractivity contribution is 8.16. The normalized spacial score (nSPS) is 15.9. The second-order valence-corrected chi connectivity index (χ2v) is 14.1. The average Bonchev–Trinajstić information content (AvgIpc) is 3.15. The number of hydrogen-bond donors (Lipinski definition) is 0. The molecule has 1 aliphatic carbocycles. The topological polar surface area (TPSA) is 0 Å². The third-order valence-corrected chi connectivity index (χ3v) is 11.1. The summed E-state index contributed by atoms with van der Waals surface area (Å²) in [5.41, 5.74) is 9.65. The van der Waals surface area contributed by atoms with E-state index in [2.05, 4.69) is 170 Å². The maximum absolute atomic E-state index is 7.13. The molecule has 0 bridgehead atoms. The van der Waals surface area contributed by atoms with Gasteiger partial charge in [0, 0.05) is 38.1 Å². The van der Waals surface area contributed by atoms with Gasteiger partial charge in [-0.15, -0.1) is 0 Å². The van der Waals surface area contributed by atoms with E-state index in [9.17, 15) is 0 Å². The lowest BCUT2D eigenvalue weighted by Crippen LogP contribution is -1.98. The lowest BCUT2D eigenvalue weighted by atomic mass is 9.93. The number of rotatable bonds is 7. The van der Waals surface area contributed by atoms with Crippen LogP contribution in [0.15, 0.2) is 186 Å². The average molecular weight is 662 g/mol. The van der Waals surface area contributed by atoms with E-state index >= 15 is 0 Å². The summed E-state index contributed by atoms with van der Waals surface area (Å²) in [5.74, 6) is 0. The second-order valence-electron chi connectivity index (χ2n) is 11.6. The standard InChI is InChI=1S/C44H34ClS2/c45-44-38(26-24-32-28-40(34-14-5-1-6-15-34)46-41(29-32)35-16-7-2-8-17-35)22-13-23-39(44)27-25-33-30-42(36-18-9-3-10-19-36)47-43(31-33)37-20-11-4-12-21-37/h1-12,14-21,24-31H,13,22-23H2/q+1. The Bertz CT molecular complexity index is 1930. The first kappa shape index (κ1) is 31.1. The molecule has 0 spiro atoms. The molecular weight excluding hydrogens is 628 g/mol. The van der Waals surface area contributed by atoms with Crippen LogP contribution in [-0.2, 0) is 0 Å². The zero-order valence-corrected chi connectivity index (χ0v) is 28.4. The highest BCUT2D eigenvalue weighted by atomic mass is 35.5. The molecule has 0 N–H and O–H groups in total. The minimum absolute atomic E-state index is 0.874. The smallest absolute Gasteiger partial charge is 0.0888 e. The fourth-order valence-electron chi connectivity index (χ4n) is 5.82. The Hall–Kier alpha value is -4.47. The molecule has 0 saturated heterocycles. The van der Waals surface area contributed by atoms with Gasteiger partial charge in [0.15, 0.2) is 0 Å². The van der Waals surface area contributed by atoms with E-state index in [0.717, 1.165) is 24.3 Å². The Morgan fingerprint density at radius 3 is 1.55 bits per heavy atom. The molecule has 0 saturated carbocycles. The third kappa shape index (κ3) is 7.75. The highest BCUT2D eigenvalue weighted by Crippen LogP contribution is 2.44. The van der Waals surface area contributed by atoms with Crippen molar-refractivity contribution in [3.8, 4) is 20.9 Å². The molecule has 0 amide bonds. The van der Waals surface area contributed by atoms with Crippen molar-refractivity contribution in [2.24, 2.45) is 0 Å². The van der Waals surface area contributed by atoms with Crippen molar-refractivity contribution in [1.29, 1.82) is 0 Å². The Labute approximate surface area is 291 Å². The zero-order valence-electron chi connectivity index (χ0n) is 26.0. The van der Waals surface area contributed by atoms with E-state index in [4.69, 9.17) is 11.6 Å². The van der Waals surface area contributed by atoms with Gasteiger partial charge in [-0.25, -0.2) is 0 Å². The molecule has 0 radical (unpaired) electrons. The molecule has 5 aromatic rings. The molecule has 0 nitrogen and oxygen atoms in total. The van der Waals surface area contributed by atoms with Gasteiger partial charge in [0.1, 0.15) is 0 Å². The summed E-state index contributed by atoms with van der Waals surface area (Å²) in [6.07, 6.45) is 16.5. The van der Waals surface area contributed by atoms with Crippen LogP contribution in [0.1, 0.15) is 36.0 Å². The van der Waals surface area contributed by atoms with Gasteiger partial charge in [-0.1, -0.05) is 145 Å². The number of thioether (sulfide) groups is 1. The molecule has 0 unspecified atom stereocenters. The summed E-state index contributed by atoms with van der Waals surface area (Å²) in [7, 11) is 0. The van der Waals surface area contributed by atoms with Gasteiger partial charge in [0.2, 0.25) is 21.1 Å². The molecule has 1 aromatic heterocycles. The predicted octanol–water partition coefficient (Wildman–Crippen LogP) is 13.7. The minimum atomic E-state index is 0.874. The Kier molecular flexibility index (Phi) is 9.91. The van der Waals surface area contributed by atoms with E-state index in [0.29, 0.717) is 0 Å². The quantitative estimate of drug-likeness (QED) is 0.156. The van der Waals surface area contributed by atoms with Gasteiger partial charge in [0.05, 0.1) is 0 Å². The lowest BCUT2D eigenvalue weighted by molar-refractivity contribution is 0.792. The zero-order chi connectivity index (χ0) is 31.8. The van der Waals surface area contributed by atoms with Gasteiger partial charge in [-0.3, -0.25) is 0 Å². The monoisotopic (exact) mass is 661 g/mol. The Morgan fingerprint density at radius 2 is 1.04 bits per heavy atom. The molecule has 0 fully saturated rings. The van der Waals surface area contributed by atoms with Crippen LogP contribution in [0, 0.1) is 0 Å². The van der Waals surface area contributed by atoms with Gasteiger partial charge < -0.3 is 0 Å². The first-order valence-electron chi connectivity index (χ1n) is 16.0. The van der Waals surface area contributed by atoms with Crippen LogP contribution in [0.5, 0.6) is 0 Å². The van der Waals surface area contributed by atoms with Crippen LogP contribution in [0.25, 0.3) is 36.8 Å². The summed E-state index contributed by atoms with van der Waals surface area (Å²) in [5, 5.41) is 0.874. The summed E-state index contributed by atoms with van der Waals surface area (Å²) in [6.45, 7) is 0. The predicted molar refractivity (Wildman–Crippen MR) is 208 cm³/mol. The minimum Gasteiger partial charge on any atom is -0.0888 e. The molecule has 3 heteroatoms. The van der Waals surface area contributed by atoms with Crippen LogP contribution in [0.2, 0.25) is 0 Å². The van der Waals surface area contributed by atoms with Crippen molar-refractivity contribution in [2.45, 2.75) is 19.3 Å². The van der Waals surface area contributed by atoms with E-state index < -0.39 is 0 Å².